The van der Waals surface area contributed by atoms with E-state index in [0.29, 0.717) is 5.92 Å². The SMILES string of the molecule is C=C(c1ccc2c(c1)C=CCC2)c1ccccc1CCC1C=CC=CC1. The normalized spacial score (nSPS) is 17.9. The molecule has 0 nitrogen and oxygen atoms in total. The van der Waals surface area contributed by atoms with Crippen LogP contribution in [0.2, 0.25) is 0 Å². The molecule has 1 unspecified atom stereocenters. The summed E-state index contributed by atoms with van der Waals surface area (Å²) in [5, 5.41) is 0. The fourth-order valence-electron chi connectivity index (χ4n) is 3.99. The molecule has 0 heterocycles. The maximum atomic E-state index is 4.45. The summed E-state index contributed by atoms with van der Waals surface area (Å²) in [6, 6.07) is 15.6. The number of hydrogen-bond donors (Lipinski definition) is 0. The Hall–Kier alpha value is -2.60. The number of aryl methyl sites for hydroxylation is 2. The first-order valence-corrected chi connectivity index (χ1v) is 9.71. The van der Waals surface area contributed by atoms with Crippen molar-refractivity contribution in [1.29, 1.82) is 0 Å². The predicted molar refractivity (Wildman–Crippen MR) is 113 cm³/mol. The van der Waals surface area contributed by atoms with Gasteiger partial charge in [0.25, 0.3) is 0 Å². The van der Waals surface area contributed by atoms with Crippen molar-refractivity contribution >= 4 is 11.6 Å². The van der Waals surface area contributed by atoms with Crippen molar-refractivity contribution < 1.29 is 0 Å². The molecule has 2 aliphatic carbocycles. The summed E-state index contributed by atoms with van der Waals surface area (Å²) in [6.45, 7) is 4.45. The number of benzene rings is 2. The van der Waals surface area contributed by atoms with E-state index < -0.39 is 0 Å². The molecule has 0 radical (unpaired) electrons. The smallest absolute Gasteiger partial charge is 0.0152 e. The molecule has 0 heteroatoms. The molecule has 0 amide bonds. The summed E-state index contributed by atoms with van der Waals surface area (Å²) >= 11 is 0. The molecule has 2 aromatic rings. The molecule has 0 saturated carbocycles. The zero-order valence-corrected chi connectivity index (χ0v) is 15.3. The summed E-state index contributed by atoms with van der Waals surface area (Å²) in [5.74, 6) is 0.662. The molecule has 130 valence electrons. The van der Waals surface area contributed by atoms with E-state index in [2.05, 4.69) is 85.5 Å². The van der Waals surface area contributed by atoms with Crippen molar-refractivity contribution in [3.63, 3.8) is 0 Å². The molecule has 0 N–H and O–H groups in total. The second kappa shape index (κ2) is 7.74. The van der Waals surface area contributed by atoms with E-state index >= 15 is 0 Å². The van der Waals surface area contributed by atoms with E-state index in [1.54, 1.807) is 0 Å². The van der Waals surface area contributed by atoms with Crippen LogP contribution in [0.15, 0.2) is 79.4 Å². The van der Waals surface area contributed by atoms with Crippen molar-refractivity contribution in [3.05, 3.63) is 107 Å². The fourth-order valence-corrected chi connectivity index (χ4v) is 3.99. The van der Waals surface area contributed by atoms with Gasteiger partial charge in [-0.15, -0.1) is 0 Å². The fraction of sp³-hybridized carbons (Fsp3) is 0.231. The molecule has 0 fully saturated rings. The summed E-state index contributed by atoms with van der Waals surface area (Å²) < 4.78 is 0. The average molecular weight is 338 g/mol. The van der Waals surface area contributed by atoms with Gasteiger partial charge in [0.15, 0.2) is 0 Å². The maximum Gasteiger partial charge on any atom is -0.0152 e. The standard InChI is InChI=1S/C26H26/c1-20(24-18-17-22-11-5-6-13-25(22)19-24)26-14-8-7-12-23(26)16-15-21-9-3-2-4-10-21/h2-4,6-9,12-14,17-19,21H,1,5,10-11,15-16H2. The first kappa shape index (κ1) is 16.8. The highest BCUT2D eigenvalue weighted by Crippen LogP contribution is 2.30. The summed E-state index contributed by atoms with van der Waals surface area (Å²) in [7, 11) is 0. The van der Waals surface area contributed by atoms with Crippen LogP contribution in [0.4, 0.5) is 0 Å². The zero-order valence-electron chi connectivity index (χ0n) is 15.3. The third-order valence-electron chi connectivity index (χ3n) is 5.57. The minimum absolute atomic E-state index is 0.662. The highest BCUT2D eigenvalue weighted by atomic mass is 14.2. The van der Waals surface area contributed by atoms with Crippen LogP contribution < -0.4 is 0 Å². The van der Waals surface area contributed by atoms with E-state index in [1.165, 1.54) is 34.2 Å². The van der Waals surface area contributed by atoms with Crippen molar-refractivity contribution in [3.8, 4) is 0 Å². The second-order valence-corrected chi connectivity index (χ2v) is 7.34. The summed E-state index contributed by atoms with van der Waals surface area (Å²) in [4.78, 5) is 0. The van der Waals surface area contributed by atoms with Crippen LogP contribution in [0.5, 0.6) is 0 Å². The average Bonchev–Trinajstić information content (AvgIpc) is 2.72. The van der Waals surface area contributed by atoms with Crippen LogP contribution in [0.1, 0.15) is 47.1 Å². The van der Waals surface area contributed by atoms with Gasteiger partial charge in [-0.3, -0.25) is 0 Å². The molecule has 26 heavy (non-hydrogen) atoms. The van der Waals surface area contributed by atoms with Gasteiger partial charge in [0.05, 0.1) is 0 Å². The Labute approximate surface area is 157 Å². The van der Waals surface area contributed by atoms with Crippen molar-refractivity contribution in [2.45, 2.75) is 32.1 Å². The lowest BCUT2D eigenvalue weighted by molar-refractivity contribution is 0.594. The summed E-state index contributed by atoms with van der Waals surface area (Å²) in [6.07, 6.45) is 19.2. The maximum absolute atomic E-state index is 4.45. The van der Waals surface area contributed by atoms with Gasteiger partial charge in [-0.25, -0.2) is 0 Å². The minimum atomic E-state index is 0.662. The van der Waals surface area contributed by atoms with Crippen LogP contribution in [-0.4, -0.2) is 0 Å². The van der Waals surface area contributed by atoms with Crippen molar-refractivity contribution in [2.75, 3.05) is 0 Å². The van der Waals surface area contributed by atoms with Crippen molar-refractivity contribution in [1.82, 2.24) is 0 Å². The van der Waals surface area contributed by atoms with Gasteiger partial charge in [0.1, 0.15) is 0 Å². The lowest BCUT2D eigenvalue weighted by Gasteiger charge is -2.17. The molecule has 0 aliphatic heterocycles. The molecule has 0 spiro atoms. The Morgan fingerprint density at radius 3 is 2.85 bits per heavy atom. The van der Waals surface area contributed by atoms with E-state index in [9.17, 15) is 0 Å². The number of rotatable bonds is 5. The van der Waals surface area contributed by atoms with E-state index in [1.807, 2.05) is 0 Å². The monoisotopic (exact) mass is 338 g/mol. The van der Waals surface area contributed by atoms with Crippen LogP contribution in [0.3, 0.4) is 0 Å². The third-order valence-corrected chi connectivity index (χ3v) is 5.57. The number of fused-ring (bicyclic) bond motifs is 1. The molecule has 0 bridgehead atoms. The van der Waals surface area contributed by atoms with E-state index in [-0.39, 0.29) is 0 Å². The Balaban J connectivity index is 1.55. The van der Waals surface area contributed by atoms with Crippen LogP contribution in [-0.2, 0) is 12.8 Å². The van der Waals surface area contributed by atoms with E-state index in [4.69, 9.17) is 0 Å². The van der Waals surface area contributed by atoms with Gasteiger partial charge in [0, 0.05) is 0 Å². The van der Waals surface area contributed by atoms with Gasteiger partial charge in [-0.05, 0) is 77.5 Å². The first-order valence-electron chi connectivity index (χ1n) is 9.71. The van der Waals surface area contributed by atoms with Gasteiger partial charge in [-0.1, -0.05) is 79.4 Å². The lowest BCUT2D eigenvalue weighted by Crippen LogP contribution is -2.02. The van der Waals surface area contributed by atoms with Gasteiger partial charge >= 0.3 is 0 Å². The van der Waals surface area contributed by atoms with Gasteiger partial charge < -0.3 is 0 Å². The first-order chi connectivity index (χ1) is 12.8. The number of allylic oxidation sites excluding steroid dienone is 5. The quantitative estimate of drug-likeness (QED) is 0.564. The zero-order chi connectivity index (χ0) is 17.8. The highest BCUT2D eigenvalue weighted by Gasteiger charge is 2.12. The predicted octanol–water partition coefficient (Wildman–Crippen LogP) is 6.77. The third kappa shape index (κ3) is 3.65. The van der Waals surface area contributed by atoms with Gasteiger partial charge in [0.2, 0.25) is 0 Å². The largest absolute Gasteiger partial charge is 0.0905 e. The number of hydrogen-bond acceptors (Lipinski definition) is 0. The second-order valence-electron chi connectivity index (χ2n) is 7.34. The Kier molecular flexibility index (Phi) is 5.02. The van der Waals surface area contributed by atoms with Crippen molar-refractivity contribution in [2.24, 2.45) is 5.92 Å². The lowest BCUT2D eigenvalue weighted by atomic mass is 9.87. The topological polar surface area (TPSA) is 0 Å². The Morgan fingerprint density at radius 2 is 1.96 bits per heavy atom. The molecule has 1 atom stereocenters. The Morgan fingerprint density at radius 1 is 1.04 bits per heavy atom. The molecule has 0 saturated heterocycles. The van der Waals surface area contributed by atoms with Crippen LogP contribution in [0, 0.1) is 5.92 Å². The van der Waals surface area contributed by atoms with Crippen LogP contribution in [0.25, 0.3) is 11.6 Å². The van der Waals surface area contributed by atoms with Gasteiger partial charge in [-0.2, -0.15) is 0 Å². The molecule has 2 aliphatic rings. The molecule has 0 aromatic heterocycles. The Bertz CT molecular complexity index is 892. The minimum Gasteiger partial charge on any atom is -0.0905 e. The van der Waals surface area contributed by atoms with E-state index in [0.717, 1.165) is 31.3 Å². The molecular weight excluding hydrogens is 312 g/mol. The van der Waals surface area contributed by atoms with Crippen LogP contribution >= 0.6 is 0 Å². The molecule has 2 aromatic carbocycles. The highest BCUT2D eigenvalue weighted by molar-refractivity contribution is 5.81. The molecular formula is C26H26. The molecule has 4 rings (SSSR count). The summed E-state index contributed by atoms with van der Waals surface area (Å²) in [5.41, 5.74) is 7.89.